The topological polar surface area (TPSA) is 24.4 Å². The Morgan fingerprint density at radius 1 is 1.21 bits per heavy atom. The smallest absolute Gasteiger partial charge is 0.0766 e. The van der Waals surface area contributed by atoms with Gasteiger partial charge in [0.1, 0.15) is 0 Å². The number of thioether (sulfide) groups is 1. The Labute approximate surface area is 119 Å². The van der Waals surface area contributed by atoms with E-state index in [1.165, 1.54) is 21.1 Å². The second kappa shape index (κ2) is 6.73. The third-order valence-electron chi connectivity index (χ3n) is 2.78. The molecule has 3 heteroatoms. The molecule has 1 N–H and O–H groups in total. The van der Waals surface area contributed by atoms with Crippen LogP contribution < -0.4 is 5.32 Å². The summed E-state index contributed by atoms with van der Waals surface area (Å²) in [7, 11) is 3.75. The molecule has 1 aliphatic heterocycles. The van der Waals surface area contributed by atoms with Crippen molar-refractivity contribution in [1.82, 2.24) is 5.32 Å². The summed E-state index contributed by atoms with van der Waals surface area (Å²) in [5.41, 5.74) is 3.65. The maximum Gasteiger partial charge on any atom is 0.0766 e. The number of rotatable bonds is 0. The van der Waals surface area contributed by atoms with Crippen molar-refractivity contribution in [2.45, 2.75) is 19.8 Å². The standard InChI is InChI=1S/C14H13NS.C2H7N/c1-10-5-4-7-12-14(9-10)16-13-8-3-2-6-11(13)15-12;1-3-2/h2,4-6,8-9H,3,7H2,1H3;3H,1-2H3. The minimum absolute atomic E-state index is 0.945. The summed E-state index contributed by atoms with van der Waals surface area (Å²) in [6.45, 7) is 2.14. The molecule has 19 heavy (non-hydrogen) atoms. The normalized spacial score (nSPS) is 20.3. The summed E-state index contributed by atoms with van der Waals surface area (Å²) in [6.07, 6.45) is 15.1. The fraction of sp³-hybridized carbons (Fsp3) is 0.312. The van der Waals surface area contributed by atoms with Crippen LogP contribution in [-0.2, 0) is 0 Å². The van der Waals surface area contributed by atoms with E-state index in [1.807, 2.05) is 25.9 Å². The second-order valence-electron chi connectivity index (χ2n) is 4.61. The van der Waals surface area contributed by atoms with Gasteiger partial charge in [-0.1, -0.05) is 41.6 Å². The van der Waals surface area contributed by atoms with Gasteiger partial charge in [-0.2, -0.15) is 0 Å². The minimum atomic E-state index is 0.945. The molecule has 0 spiro atoms. The molecule has 0 saturated carbocycles. The number of nitrogens with zero attached hydrogens (tertiary/aromatic N) is 1. The summed E-state index contributed by atoms with van der Waals surface area (Å²) < 4.78 is 0. The molecular formula is C16H20N2S. The van der Waals surface area contributed by atoms with Crippen LogP contribution in [0.1, 0.15) is 19.8 Å². The van der Waals surface area contributed by atoms with Crippen LogP contribution in [0.2, 0.25) is 0 Å². The number of fused-ring (bicyclic) bond motifs is 1. The van der Waals surface area contributed by atoms with Crippen LogP contribution in [0.4, 0.5) is 0 Å². The molecule has 0 fully saturated rings. The Balaban J connectivity index is 0.000000408. The molecule has 2 nitrogen and oxygen atoms in total. The Bertz CT molecular complexity index is 531. The van der Waals surface area contributed by atoms with Gasteiger partial charge in [0.15, 0.2) is 0 Å². The van der Waals surface area contributed by atoms with E-state index in [0.29, 0.717) is 0 Å². The first-order valence-electron chi connectivity index (χ1n) is 6.54. The Kier molecular flexibility index (Phi) is 5.00. The Morgan fingerprint density at radius 3 is 2.79 bits per heavy atom. The lowest BCUT2D eigenvalue weighted by molar-refractivity contribution is 1.02. The van der Waals surface area contributed by atoms with Gasteiger partial charge in [0.25, 0.3) is 0 Å². The average molecular weight is 272 g/mol. The highest BCUT2D eigenvalue weighted by molar-refractivity contribution is 8.07. The largest absolute Gasteiger partial charge is 0.323 e. The molecular weight excluding hydrogens is 252 g/mol. The van der Waals surface area contributed by atoms with Crippen LogP contribution in [0, 0.1) is 0 Å². The molecule has 0 aromatic carbocycles. The van der Waals surface area contributed by atoms with E-state index in [0.717, 1.165) is 18.6 Å². The average Bonchev–Trinajstić information content (AvgIpc) is 2.57. The van der Waals surface area contributed by atoms with Crippen LogP contribution >= 0.6 is 11.8 Å². The van der Waals surface area contributed by atoms with Crippen molar-refractivity contribution >= 4 is 17.5 Å². The van der Waals surface area contributed by atoms with Gasteiger partial charge in [0.2, 0.25) is 0 Å². The maximum atomic E-state index is 4.74. The monoisotopic (exact) mass is 272 g/mol. The zero-order valence-electron chi connectivity index (χ0n) is 11.7. The molecule has 2 aliphatic carbocycles. The van der Waals surface area contributed by atoms with Gasteiger partial charge < -0.3 is 5.32 Å². The van der Waals surface area contributed by atoms with Crippen molar-refractivity contribution in [2.75, 3.05) is 14.1 Å². The van der Waals surface area contributed by atoms with Crippen LogP contribution in [0.5, 0.6) is 0 Å². The third-order valence-corrected chi connectivity index (χ3v) is 3.95. The van der Waals surface area contributed by atoms with Gasteiger partial charge in [0, 0.05) is 16.2 Å². The van der Waals surface area contributed by atoms with Crippen LogP contribution in [0.15, 0.2) is 62.5 Å². The molecule has 0 radical (unpaired) electrons. The van der Waals surface area contributed by atoms with Crippen molar-refractivity contribution < 1.29 is 0 Å². The van der Waals surface area contributed by atoms with Crippen LogP contribution in [0.25, 0.3) is 0 Å². The lowest BCUT2D eigenvalue weighted by Crippen LogP contribution is -2.05. The highest BCUT2D eigenvalue weighted by Crippen LogP contribution is 2.39. The number of aliphatic imine (C=N–C) groups is 1. The lowest BCUT2D eigenvalue weighted by atomic mass is 10.1. The molecule has 0 aromatic heterocycles. The third kappa shape index (κ3) is 3.58. The predicted molar refractivity (Wildman–Crippen MR) is 86.4 cm³/mol. The number of allylic oxidation sites excluding steroid dienone is 8. The van der Waals surface area contributed by atoms with Crippen molar-refractivity contribution in [1.29, 1.82) is 0 Å². The first-order chi connectivity index (χ1) is 9.24. The number of nitrogens with one attached hydrogen (secondary N) is 1. The highest BCUT2D eigenvalue weighted by atomic mass is 32.2. The van der Waals surface area contributed by atoms with E-state index in [9.17, 15) is 0 Å². The maximum absolute atomic E-state index is 4.74. The molecule has 0 amide bonds. The van der Waals surface area contributed by atoms with Crippen LogP contribution in [0.3, 0.4) is 0 Å². The fourth-order valence-electron chi connectivity index (χ4n) is 1.98. The lowest BCUT2D eigenvalue weighted by Gasteiger charge is -2.18. The van der Waals surface area contributed by atoms with E-state index < -0.39 is 0 Å². The zero-order chi connectivity index (χ0) is 13.7. The second-order valence-corrected chi connectivity index (χ2v) is 5.70. The van der Waals surface area contributed by atoms with Crippen molar-refractivity contribution in [3.05, 3.63) is 57.5 Å². The first kappa shape index (κ1) is 14.1. The van der Waals surface area contributed by atoms with E-state index in [-0.39, 0.29) is 0 Å². The summed E-state index contributed by atoms with van der Waals surface area (Å²) in [5.74, 6) is 0. The zero-order valence-corrected chi connectivity index (χ0v) is 12.6. The van der Waals surface area contributed by atoms with Gasteiger partial charge in [-0.3, -0.25) is 4.99 Å². The van der Waals surface area contributed by atoms with E-state index >= 15 is 0 Å². The van der Waals surface area contributed by atoms with E-state index in [2.05, 4.69) is 48.7 Å². The van der Waals surface area contributed by atoms with Gasteiger partial charge in [0.05, 0.1) is 11.4 Å². The summed E-state index contributed by atoms with van der Waals surface area (Å²) in [5, 5.41) is 2.75. The van der Waals surface area contributed by atoms with Crippen molar-refractivity contribution in [3.63, 3.8) is 0 Å². The van der Waals surface area contributed by atoms with Gasteiger partial charge in [-0.15, -0.1) is 0 Å². The molecule has 100 valence electrons. The molecule has 0 aromatic rings. The summed E-state index contributed by atoms with van der Waals surface area (Å²) in [6, 6.07) is 0. The molecule has 0 atom stereocenters. The van der Waals surface area contributed by atoms with E-state index in [1.54, 1.807) is 0 Å². The fourth-order valence-corrected chi connectivity index (χ4v) is 3.10. The first-order valence-corrected chi connectivity index (χ1v) is 7.36. The van der Waals surface area contributed by atoms with Crippen molar-refractivity contribution in [3.8, 4) is 0 Å². The van der Waals surface area contributed by atoms with Gasteiger partial charge in [-0.05, 0) is 39.6 Å². The number of hydrogen-bond donors (Lipinski definition) is 1. The molecule has 3 aliphatic rings. The van der Waals surface area contributed by atoms with Gasteiger partial charge in [-0.25, -0.2) is 0 Å². The Morgan fingerprint density at radius 2 is 2.00 bits per heavy atom. The molecule has 1 heterocycles. The minimum Gasteiger partial charge on any atom is -0.323 e. The number of hydrogen-bond acceptors (Lipinski definition) is 3. The van der Waals surface area contributed by atoms with Gasteiger partial charge >= 0.3 is 0 Å². The molecule has 0 bridgehead atoms. The SMILES string of the molecule is CC1=CC2=C(CC=C1)N=C1C=CCC=C1S2.CNC. The van der Waals surface area contributed by atoms with Crippen LogP contribution in [-0.4, -0.2) is 19.8 Å². The molecule has 0 saturated heterocycles. The summed E-state index contributed by atoms with van der Waals surface area (Å²) in [4.78, 5) is 7.37. The quantitative estimate of drug-likeness (QED) is 0.721. The molecule has 0 unspecified atom stereocenters. The summed E-state index contributed by atoms with van der Waals surface area (Å²) >= 11 is 1.86. The highest BCUT2D eigenvalue weighted by Gasteiger charge is 2.19. The Hall–Kier alpha value is -1.32. The predicted octanol–water partition coefficient (Wildman–Crippen LogP) is 3.97. The van der Waals surface area contributed by atoms with E-state index in [4.69, 9.17) is 4.99 Å². The van der Waals surface area contributed by atoms with Crippen molar-refractivity contribution in [2.24, 2.45) is 4.99 Å². The molecule has 3 rings (SSSR count).